The van der Waals surface area contributed by atoms with Crippen LogP contribution in [-0.2, 0) is 5.41 Å². The largest absolute Gasteiger partial charge is 0.0619 e. The fraction of sp³-hybridized carbons (Fsp3) is 0.478. The second-order valence-corrected chi connectivity index (χ2v) is 8.77. The predicted molar refractivity (Wildman–Crippen MR) is 94.4 cm³/mol. The van der Waals surface area contributed by atoms with Crippen LogP contribution in [0.2, 0.25) is 0 Å². The molecule has 2 aromatic carbocycles. The zero-order valence-corrected chi connectivity index (χ0v) is 13.9. The van der Waals surface area contributed by atoms with Crippen molar-refractivity contribution in [2.45, 2.75) is 44.4 Å². The molecule has 0 amide bonds. The summed E-state index contributed by atoms with van der Waals surface area (Å²) in [7, 11) is 0. The van der Waals surface area contributed by atoms with Crippen LogP contribution < -0.4 is 0 Å². The average molecular weight is 300 g/mol. The summed E-state index contributed by atoms with van der Waals surface area (Å²) in [5, 5.41) is 0. The van der Waals surface area contributed by atoms with Crippen LogP contribution >= 0.6 is 0 Å². The third kappa shape index (κ3) is 1.40. The maximum atomic E-state index is 2.54. The van der Waals surface area contributed by atoms with Crippen molar-refractivity contribution in [3.05, 3.63) is 59.2 Å². The van der Waals surface area contributed by atoms with Gasteiger partial charge in [0, 0.05) is 5.41 Å². The molecule has 4 fully saturated rings. The van der Waals surface area contributed by atoms with Gasteiger partial charge in [0.05, 0.1) is 0 Å². The van der Waals surface area contributed by atoms with Crippen molar-refractivity contribution < 1.29 is 0 Å². The fourth-order valence-electron chi connectivity index (χ4n) is 7.27. The molecule has 4 saturated carbocycles. The first-order chi connectivity index (χ1) is 11.3. The summed E-state index contributed by atoms with van der Waals surface area (Å²) in [5.41, 5.74) is 8.23. The molecule has 0 heterocycles. The summed E-state index contributed by atoms with van der Waals surface area (Å²) in [5.74, 6) is 3.85. The first-order valence-electron chi connectivity index (χ1n) is 9.48. The minimum absolute atomic E-state index is 0.353. The van der Waals surface area contributed by atoms with E-state index in [4.69, 9.17) is 0 Å². The van der Waals surface area contributed by atoms with Gasteiger partial charge in [-0.25, -0.2) is 0 Å². The summed E-state index contributed by atoms with van der Waals surface area (Å²) in [6, 6.07) is 16.6. The number of hydrogen-bond donors (Lipinski definition) is 0. The minimum Gasteiger partial charge on any atom is -0.0619 e. The van der Waals surface area contributed by atoms with Crippen LogP contribution in [0, 0.1) is 30.6 Å². The smallest absolute Gasteiger partial charge is 0.0272 e. The Bertz CT molecular complexity index is 785. The van der Waals surface area contributed by atoms with E-state index >= 15 is 0 Å². The number of fused-ring (bicyclic) bond motifs is 3. The average Bonchev–Trinajstić information content (AvgIpc) is 2.83. The van der Waals surface area contributed by atoms with Crippen molar-refractivity contribution >= 4 is 0 Å². The molecule has 0 N–H and O–H groups in total. The van der Waals surface area contributed by atoms with Crippen LogP contribution in [0.3, 0.4) is 0 Å². The van der Waals surface area contributed by atoms with E-state index in [1.807, 2.05) is 0 Å². The Morgan fingerprint density at radius 3 is 2.13 bits per heavy atom. The third-order valence-electron chi connectivity index (χ3n) is 7.71. The molecule has 0 heteroatoms. The molecule has 23 heavy (non-hydrogen) atoms. The highest BCUT2D eigenvalue weighted by atomic mass is 14.6. The zero-order valence-electron chi connectivity index (χ0n) is 13.9. The van der Waals surface area contributed by atoms with Gasteiger partial charge in [0.15, 0.2) is 0 Å². The molecule has 0 atom stereocenters. The quantitative estimate of drug-likeness (QED) is 0.584. The lowest BCUT2D eigenvalue weighted by molar-refractivity contribution is -0.0399. The van der Waals surface area contributed by atoms with Gasteiger partial charge in [0.25, 0.3) is 0 Å². The molecule has 0 radical (unpaired) electrons. The lowest BCUT2D eigenvalue weighted by Gasteiger charge is -2.61. The molecule has 4 bridgehead atoms. The van der Waals surface area contributed by atoms with Gasteiger partial charge >= 0.3 is 0 Å². The maximum absolute atomic E-state index is 2.54. The van der Waals surface area contributed by atoms with Crippen LogP contribution in [0.15, 0.2) is 42.5 Å². The van der Waals surface area contributed by atoms with Gasteiger partial charge in [-0.2, -0.15) is 0 Å². The Kier molecular flexibility index (Phi) is 2.28. The molecule has 5 aliphatic rings. The summed E-state index contributed by atoms with van der Waals surface area (Å²) < 4.78 is 0. The van der Waals surface area contributed by atoms with Gasteiger partial charge in [-0.1, -0.05) is 48.0 Å². The molecular weight excluding hydrogens is 276 g/mol. The highest BCUT2D eigenvalue weighted by molar-refractivity contribution is 5.82. The Morgan fingerprint density at radius 1 is 0.739 bits per heavy atom. The lowest BCUT2D eigenvalue weighted by atomic mass is 9.43. The molecule has 0 aromatic heterocycles. The second-order valence-electron chi connectivity index (χ2n) is 8.77. The molecule has 0 nitrogen and oxygen atoms in total. The topological polar surface area (TPSA) is 0 Å². The Hall–Kier alpha value is -1.56. The first-order valence-corrected chi connectivity index (χ1v) is 9.48. The van der Waals surface area contributed by atoms with Crippen molar-refractivity contribution in [2.75, 3.05) is 0 Å². The van der Waals surface area contributed by atoms with E-state index in [1.165, 1.54) is 43.2 Å². The Labute approximate surface area is 138 Å². The zero-order chi connectivity index (χ0) is 15.2. The molecule has 0 aliphatic heterocycles. The highest BCUT2D eigenvalue weighted by Gasteiger charge is 2.61. The van der Waals surface area contributed by atoms with Crippen molar-refractivity contribution in [3.8, 4) is 11.1 Å². The van der Waals surface area contributed by atoms with E-state index < -0.39 is 0 Å². The lowest BCUT2D eigenvalue weighted by Crippen LogP contribution is -2.55. The van der Waals surface area contributed by atoms with Gasteiger partial charge in [0.2, 0.25) is 0 Å². The third-order valence-corrected chi connectivity index (χ3v) is 7.71. The van der Waals surface area contributed by atoms with Gasteiger partial charge in [0.1, 0.15) is 0 Å². The molecule has 0 saturated heterocycles. The van der Waals surface area contributed by atoms with Crippen LogP contribution in [0.1, 0.15) is 48.8 Å². The SMILES string of the molecule is Cc1ccc2c(c1)C1(c3ccccc3-2)C2CC3CC(C2)CC1C3. The highest BCUT2D eigenvalue weighted by Crippen LogP contribution is 2.69. The predicted octanol–water partition coefficient (Wildman–Crippen LogP) is 5.72. The Balaban J connectivity index is 1.69. The standard InChI is InChI=1S/C23H24/c1-14-6-7-20-19-4-2-3-5-21(19)23(22(20)8-14)17-10-15-9-16(12-17)13-18(23)11-15/h2-8,15-18H,9-13H2,1H3. The normalized spacial score (nSPS) is 38.8. The van der Waals surface area contributed by atoms with Gasteiger partial charge in [-0.3, -0.25) is 0 Å². The second kappa shape index (κ2) is 4.09. The number of rotatable bonds is 0. The molecular formula is C23H24. The van der Waals surface area contributed by atoms with Crippen molar-refractivity contribution in [1.29, 1.82) is 0 Å². The minimum atomic E-state index is 0.353. The number of hydrogen-bond acceptors (Lipinski definition) is 0. The summed E-state index contributed by atoms with van der Waals surface area (Å²) >= 11 is 0. The van der Waals surface area contributed by atoms with Gasteiger partial charge in [-0.15, -0.1) is 0 Å². The molecule has 1 spiro atoms. The van der Waals surface area contributed by atoms with E-state index in [0.717, 1.165) is 23.7 Å². The summed E-state index contributed by atoms with van der Waals surface area (Å²) in [4.78, 5) is 0. The van der Waals surface area contributed by atoms with E-state index in [9.17, 15) is 0 Å². The van der Waals surface area contributed by atoms with Crippen LogP contribution in [0.4, 0.5) is 0 Å². The number of aryl methyl sites for hydroxylation is 1. The van der Waals surface area contributed by atoms with Gasteiger partial charge in [-0.05, 0) is 85.0 Å². The fourth-order valence-corrected chi connectivity index (χ4v) is 7.27. The molecule has 2 aromatic rings. The van der Waals surface area contributed by atoms with Gasteiger partial charge < -0.3 is 0 Å². The first kappa shape index (κ1) is 12.8. The molecule has 116 valence electrons. The monoisotopic (exact) mass is 300 g/mol. The summed E-state index contributed by atoms with van der Waals surface area (Å²) in [6.07, 6.45) is 7.46. The van der Waals surface area contributed by atoms with Crippen LogP contribution in [0.25, 0.3) is 11.1 Å². The summed E-state index contributed by atoms with van der Waals surface area (Å²) in [6.45, 7) is 2.27. The van der Waals surface area contributed by atoms with E-state index in [1.54, 1.807) is 16.7 Å². The Morgan fingerprint density at radius 2 is 1.39 bits per heavy atom. The van der Waals surface area contributed by atoms with Crippen molar-refractivity contribution in [3.63, 3.8) is 0 Å². The van der Waals surface area contributed by atoms with Crippen molar-refractivity contribution in [2.24, 2.45) is 23.7 Å². The molecule has 5 aliphatic carbocycles. The molecule has 0 unspecified atom stereocenters. The van der Waals surface area contributed by atoms with Crippen LogP contribution in [0.5, 0.6) is 0 Å². The maximum Gasteiger partial charge on any atom is 0.0272 e. The van der Waals surface area contributed by atoms with E-state index in [2.05, 4.69) is 49.4 Å². The van der Waals surface area contributed by atoms with Crippen LogP contribution in [-0.4, -0.2) is 0 Å². The van der Waals surface area contributed by atoms with E-state index in [0.29, 0.717) is 5.41 Å². The van der Waals surface area contributed by atoms with E-state index in [-0.39, 0.29) is 0 Å². The molecule has 7 rings (SSSR count). The number of benzene rings is 2. The van der Waals surface area contributed by atoms with Crippen molar-refractivity contribution in [1.82, 2.24) is 0 Å².